The first-order chi connectivity index (χ1) is 9.19. The maximum absolute atomic E-state index is 12.2. The number of unbranched alkanes of at least 4 members (excludes halogenated alkanes) is 1. The minimum Gasteiger partial charge on any atom is -0.387 e. The summed E-state index contributed by atoms with van der Waals surface area (Å²) in [4.78, 5) is 10.8. The number of hydrogen-bond acceptors (Lipinski definition) is 5. The van der Waals surface area contributed by atoms with Gasteiger partial charge in [-0.05, 0) is 45.4 Å². The van der Waals surface area contributed by atoms with Crippen molar-refractivity contribution in [3.05, 3.63) is 0 Å². The van der Waals surface area contributed by atoms with Crippen molar-refractivity contribution in [2.24, 2.45) is 5.92 Å². The lowest BCUT2D eigenvalue weighted by Gasteiger charge is -2.50. The molecule has 1 aliphatic heterocycles. The highest BCUT2D eigenvalue weighted by molar-refractivity contribution is 7.91. The normalized spacial score (nSPS) is 41.6. The second kappa shape index (κ2) is 5.55. The lowest BCUT2D eigenvalue weighted by atomic mass is 9.71. The molecular formula is C14H26O5S. The summed E-state index contributed by atoms with van der Waals surface area (Å²) in [5.41, 5.74) is -1.67. The Bertz CT molecular complexity index is 444. The Morgan fingerprint density at radius 3 is 2.70 bits per heavy atom. The molecule has 1 saturated carbocycles. The molecule has 0 amide bonds. The molecule has 118 valence electrons. The molecule has 2 fully saturated rings. The zero-order valence-corrected chi connectivity index (χ0v) is 13.4. The molecule has 0 aromatic heterocycles. The van der Waals surface area contributed by atoms with Gasteiger partial charge in [-0.3, -0.25) is 0 Å². The average molecular weight is 306 g/mol. The quantitative estimate of drug-likeness (QED) is 0.785. The lowest BCUT2D eigenvalue weighted by molar-refractivity contribution is -0.441. The molecule has 6 heteroatoms. The summed E-state index contributed by atoms with van der Waals surface area (Å²) < 4.78 is 24.3. The Kier molecular flexibility index (Phi) is 4.50. The van der Waals surface area contributed by atoms with Gasteiger partial charge in [-0.2, -0.15) is 0 Å². The van der Waals surface area contributed by atoms with Gasteiger partial charge in [0.15, 0.2) is 9.84 Å². The van der Waals surface area contributed by atoms with E-state index >= 15 is 0 Å². The summed E-state index contributed by atoms with van der Waals surface area (Å²) in [5, 5.41) is 10.2. The van der Waals surface area contributed by atoms with Gasteiger partial charge in [0.1, 0.15) is 11.7 Å². The van der Waals surface area contributed by atoms with Gasteiger partial charge in [-0.15, -0.1) is 0 Å². The predicted molar refractivity (Wildman–Crippen MR) is 75.9 cm³/mol. The Morgan fingerprint density at radius 1 is 1.35 bits per heavy atom. The van der Waals surface area contributed by atoms with Crippen LogP contribution in [0, 0.1) is 5.92 Å². The summed E-state index contributed by atoms with van der Waals surface area (Å²) >= 11 is 0. The second-order valence-electron chi connectivity index (χ2n) is 6.75. The molecule has 0 unspecified atom stereocenters. The van der Waals surface area contributed by atoms with E-state index < -0.39 is 21.0 Å². The fourth-order valence-electron chi connectivity index (χ4n) is 3.21. The van der Waals surface area contributed by atoms with Crippen LogP contribution in [0.2, 0.25) is 0 Å². The Morgan fingerprint density at radius 2 is 2.05 bits per heavy atom. The molecule has 0 spiro atoms. The van der Waals surface area contributed by atoms with Crippen molar-refractivity contribution in [1.82, 2.24) is 0 Å². The van der Waals surface area contributed by atoms with Crippen molar-refractivity contribution in [2.75, 3.05) is 11.5 Å². The van der Waals surface area contributed by atoms with Gasteiger partial charge in [0, 0.05) is 0 Å². The van der Waals surface area contributed by atoms with E-state index in [-0.39, 0.29) is 23.5 Å². The predicted octanol–water partition coefficient (Wildman–Crippen LogP) is 1.84. The van der Waals surface area contributed by atoms with Gasteiger partial charge in [-0.25, -0.2) is 18.2 Å². The third-order valence-corrected chi connectivity index (χ3v) is 6.65. The summed E-state index contributed by atoms with van der Waals surface area (Å²) in [6, 6.07) is 0. The van der Waals surface area contributed by atoms with Crippen molar-refractivity contribution < 1.29 is 23.3 Å². The van der Waals surface area contributed by atoms with Crippen LogP contribution in [0.1, 0.15) is 52.9 Å². The van der Waals surface area contributed by atoms with Crippen LogP contribution in [0.4, 0.5) is 0 Å². The van der Waals surface area contributed by atoms with Crippen molar-refractivity contribution in [1.29, 1.82) is 0 Å². The molecule has 1 N–H and O–H groups in total. The van der Waals surface area contributed by atoms with E-state index in [1.165, 1.54) is 0 Å². The smallest absolute Gasteiger partial charge is 0.153 e. The molecule has 20 heavy (non-hydrogen) atoms. The van der Waals surface area contributed by atoms with E-state index in [9.17, 15) is 13.5 Å². The van der Waals surface area contributed by atoms with Crippen LogP contribution in [0.25, 0.3) is 0 Å². The number of hydrogen-bond donors (Lipinski definition) is 1. The van der Waals surface area contributed by atoms with Gasteiger partial charge >= 0.3 is 0 Å². The monoisotopic (exact) mass is 306 g/mol. The average Bonchev–Trinajstić information content (AvgIpc) is 2.34. The van der Waals surface area contributed by atoms with Crippen LogP contribution in [-0.2, 0) is 19.6 Å². The standard InChI is InChI=1S/C14H26O5S/c1-4-5-8-20(16,17)10-14(3)11-6-7-13(2,15)12(9-11)18-19-14/h11-12,15H,4-10H2,1-3H3/t11-,12-,13-,14+/m1/s1. The highest BCUT2D eigenvalue weighted by atomic mass is 32.2. The van der Waals surface area contributed by atoms with Crippen LogP contribution >= 0.6 is 0 Å². The van der Waals surface area contributed by atoms with Crippen LogP contribution in [-0.4, -0.2) is 42.3 Å². The molecular weight excluding hydrogens is 280 g/mol. The van der Waals surface area contributed by atoms with Gasteiger partial charge in [0.05, 0.1) is 17.1 Å². The highest BCUT2D eigenvalue weighted by Crippen LogP contribution is 2.45. The molecule has 2 bridgehead atoms. The Labute approximate surface area is 121 Å². The largest absolute Gasteiger partial charge is 0.387 e. The van der Waals surface area contributed by atoms with Crippen LogP contribution < -0.4 is 0 Å². The fraction of sp³-hybridized carbons (Fsp3) is 1.00. The van der Waals surface area contributed by atoms with E-state index in [2.05, 4.69) is 0 Å². The highest BCUT2D eigenvalue weighted by Gasteiger charge is 2.53. The number of rotatable bonds is 5. The van der Waals surface area contributed by atoms with Crippen molar-refractivity contribution in [3.8, 4) is 0 Å². The second-order valence-corrected chi connectivity index (χ2v) is 8.94. The topological polar surface area (TPSA) is 72.8 Å². The summed E-state index contributed by atoms with van der Waals surface area (Å²) in [5.74, 6) is 0.327. The van der Waals surface area contributed by atoms with Gasteiger partial charge < -0.3 is 5.11 Å². The van der Waals surface area contributed by atoms with Crippen LogP contribution in [0.5, 0.6) is 0 Å². The van der Waals surface area contributed by atoms with Crippen LogP contribution in [0.15, 0.2) is 0 Å². The Hall–Kier alpha value is -0.170. The molecule has 4 atom stereocenters. The van der Waals surface area contributed by atoms with Crippen molar-refractivity contribution >= 4 is 9.84 Å². The van der Waals surface area contributed by atoms with E-state index in [0.717, 1.165) is 12.8 Å². The Balaban J connectivity index is 2.06. The molecule has 2 aliphatic rings. The third-order valence-electron chi connectivity index (χ3n) is 4.72. The number of aliphatic hydroxyl groups is 1. The third kappa shape index (κ3) is 3.35. The van der Waals surface area contributed by atoms with Gasteiger partial charge in [0.25, 0.3) is 0 Å². The summed E-state index contributed by atoms with van der Waals surface area (Å²) in [7, 11) is -3.13. The first-order valence-corrected chi connectivity index (χ1v) is 9.28. The summed E-state index contributed by atoms with van der Waals surface area (Å²) in [6.07, 6.45) is 3.24. The molecule has 1 aliphatic carbocycles. The van der Waals surface area contributed by atoms with Gasteiger partial charge in [-0.1, -0.05) is 13.3 Å². The molecule has 5 nitrogen and oxygen atoms in total. The first-order valence-electron chi connectivity index (χ1n) is 7.46. The molecule has 0 aromatic rings. The van der Waals surface area contributed by atoms with Crippen LogP contribution in [0.3, 0.4) is 0 Å². The maximum atomic E-state index is 12.2. The zero-order valence-electron chi connectivity index (χ0n) is 12.6. The fourth-order valence-corrected chi connectivity index (χ4v) is 5.24. The van der Waals surface area contributed by atoms with E-state index in [1.54, 1.807) is 6.92 Å². The zero-order chi connectivity index (χ0) is 15.0. The van der Waals surface area contributed by atoms with E-state index in [1.807, 2.05) is 13.8 Å². The first kappa shape index (κ1) is 16.2. The minimum atomic E-state index is -3.13. The molecule has 2 rings (SSSR count). The summed E-state index contributed by atoms with van der Waals surface area (Å²) in [6.45, 7) is 5.54. The van der Waals surface area contributed by atoms with E-state index in [4.69, 9.17) is 9.78 Å². The molecule has 0 aromatic carbocycles. The molecule has 0 radical (unpaired) electrons. The number of sulfone groups is 1. The maximum Gasteiger partial charge on any atom is 0.153 e. The molecule has 1 saturated heterocycles. The lowest BCUT2D eigenvalue weighted by Crippen LogP contribution is -2.58. The molecule has 1 heterocycles. The minimum absolute atomic E-state index is 0.000467. The van der Waals surface area contributed by atoms with E-state index in [0.29, 0.717) is 19.3 Å². The van der Waals surface area contributed by atoms with Crippen molar-refractivity contribution in [2.45, 2.75) is 70.2 Å². The number of fused-ring (bicyclic) bond motifs is 2. The van der Waals surface area contributed by atoms with Gasteiger partial charge in [0.2, 0.25) is 0 Å². The van der Waals surface area contributed by atoms with Crippen molar-refractivity contribution in [3.63, 3.8) is 0 Å². The SMILES string of the molecule is CCCCS(=O)(=O)C[C@]1(C)OO[C@@H]2C[C@H]1CC[C@@]2(C)O.